The van der Waals surface area contributed by atoms with Crippen LogP contribution in [0, 0.1) is 5.92 Å². The molecule has 1 aliphatic carbocycles. The summed E-state index contributed by atoms with van der Waals surface area (Å²) in [6, 6.07) is -0.322. The van der Waals surface area contributed by atoms with Gasteiger partial charge in [0, 0.05) is 24.9 Å². The molecule has 0 aromatic rings. The van der Waals surface area contributed by atoms with Crippen LogP contribution in [0.1, 0.15) is 39.0 Å². The number of nitrogens with zero attached hydrogens (tertiary/aromatic N) is 1. The van der Waals surface area contributed by atoms with Gasteiger partial charge in [-0.1, -0.05) is 0 Å². The van der Waals surface area contributed by atoms with Gasteiger partial charge in [-0.3, -0.25) is 4.79 Å². The monoisotopic (exact) mass is 304 g/mol. The summed E-state index contributed by atoms with van der Waals surface area (Å²) < 4.78 is 32.1. The molecule has 0 aromatic carbocycles. The van der Waals surface area contributed by atoms with Crippen LogP contribution >= 0.6 is 0 Å². The van der Waals surface area contributed by atoms with Crippen LogP contribution in [0.15, 0.2) is 0 Å². The van der Waals surface area contributed by atoms with Crippen molar-refractivity contribution in [3.05, 3.63) is 0 Å². The summed E-state index contributed by atoms with van der Waals surface area (Å²) in [7, 11) is -3.93. The van der Waals surface area contributed by atoms with E-state index in [1.54, 1.807) is 6.92 Å². The molecule has 0 bridgehead atoms. The molecular formula is C12H20N2O5S. The molecule has 2 rings (SSSR count). The van der Waals surface area contributed by atoms with Crippen molar-refractivity contribution >= 4 is 22.1 Å². The van der Waals surface area contributed by atoms with Gasteiger partial charge in [0.15, 0.2) is 0 Å². The number of carbonyl (C=O) groups excluding carboxylic acids is 2. The third kappa shape index (κ3) is 3.12. The summed E-state index contributed by atoms with van der Waals surface area (Å²) in [4.78, 5) is 23.1. The van der Waals surface area contributed by atoms with Crippen molar-refractivity contribution in [1.82, 2.24) is 9.03 Å². The standard InChI is InChI=1S/C12H20N2O5S/c1-2-19-12(16)13-20(17,18)14-8-4-6-10(14)9-5-3-7-11(9)15/h9-10H,2-8H2,1H3,(H,13,16). The zero-order chi connectivity index (χ0) is 14.8. The third-order valence-electron chi connectivity index (χ3n) is 3.86. The minimum atomic E-state index is -3.93. The average Bonchev–Trinajstić information content (AvgIpc) is 2.96. The number of hydrogen-bond donors (Lipinski definition) is 1. The molecule has 2 fully saturated rings. The molecule has 114 valence electrons. The number of ether oxygens (including phenoxy) is 1. The maximum Gasteiger partial charge on any atom is 0.421 e. The fourth-order valence-corrected chi connectivity index (χ4v) is 4.41. The Morgan fingerprint density at radius 3 is 2.75 bits per heavy atom. The Hall–Kier alpha value is -1.15. The maximum absolute atomic E-state index is 12.2. The first-order valence-corrected chi connectivity index (χ1v) is 8.38. The first kappa shape index (κ1) is 15.2. The minimum absolute atomic E-state index is 0.103. The van der Waals surface area contributed by atoms with Crippen molar-refractivity contribution in [3.63, 3.8) is 0 Å². The fraction of sp³-hybridized carbons (Fsp3) is 0.833. The second-order valence-electron chi connectivity index (χ2n) is 5.11. The average molecular weight is 304 g/mol. The molecule has 7 nitrogen and oxygen atoms in total. The summed E-state index contributed by atoms with van der Waals surface area (Å²) in [5, 5.41) is 0. The summed E-state index contributed by atoms with van der Waals surface area (Å²) in [6.45, 7) is 2.04. The van der Waals surface area contributed by atoms with Crippen LogP contribution in [0.2, 0.25) is 0 Å². The molecule has 0 aromatic heterocycles. The van der Waals surface area contributed by atoms with Gasteiger partial charge in [0.05, 0.1) is 6.61 Å². The van der Waals surface area contributed by atoms with Crippen molar-refractivity contribution in [2.24, 2.45) is 5.92 Å². The molecule has 8 heteroatoms. The van der Waals surface area contributed by atoms with Crippen molar-refractivity contribution < 1.29 is 22.7 Å². The normalized spacial score (nSPS) is 27.8. The Balaban J connectivity index is 2.09. The Morgan fingerprint density at radius 1 is 1.40 bits per heavy atom. The molecule has 1 aliphatic heterocycles. The van der Waals surface area contributed by atoms with Gasteiger partial charge in [0.2, 0.25) is 0 Å². The highest BCUT2D eigenvalue weighted by molar-refractivity contribution is 7.87. The molecule has 2 aliphatic rings. The molecule has 0 radical (unpaired) electrons. The highest BCUT2D eigenvalue weighted by atomic mass is 32.2. The van der Waals surface area contributed by atoms with Crippen LogP contribution in [0.4, 0.5) is 4.79 Å². The molecule has 1 saturated carbocycles. The number of hydrogen-bond acceptors (Lipinski definition) is 5. The van der Waals surface area contributed by atoms with Crippen LogP contribution in [-0.4, -0.2) is 43.8 Å². The number of nitrogens with one attached hydrogen (secondary N) is 1. The molecule has 1 amide bonds. The molecule has 2 unspecified atom stereocenters. The lowest BCUT2D eigenvalue weighted by molar-refractivity contribution is -0.121. The first-order valence-electron chi connectivity index (χ1n) is 6.94. The SMILES string of the molecule is CCOC(=O)NS(=O)(=O)N1CCCC1C1CCCC1=O. The maximum atomic E-state index is 12.2. The second kappa shape index (κ2) is 6.09. The highest BCUT2D eigenvalue weighted by Crippen LogP contribution is 2.34. The van der Waals surface area contributed by atoms with Crippen LogP contribution in [-0.2, 0) is 19.7 Å². The summed E-state index contributed by atoms with van der Waals surface area (Å²) >= 11 is 0. The molecule has 20 heavy (non-hydrogen) atoms. The number of rotatable bonds is 4. The van der Waals surface area contributed by atoms with E-state index in [2.05, 4.69) is 4.74 Å². The third-order valence-corrected chi connectivity index (χ3v) is 5.36. The Morgan fingerprint density at radius 2 is 2.15 bits per heavy atom. The van der Waals surface area contributed by atoms with E-state index in [0.717, 1.165) is 12.8 Å². The number of carbonyl (C=O) groups is 2. The summed E-state index contributed by atoms with van der Waals surface area (Å²) in [6.07, 6.45) is 2.48. The predicted octanol–water partition coefficient (Wildman–Crippen LogP) is 0.811. The lowest BCUT2D eigenvalue weighted by atomic mass is 9.96. The first-order chi connectivity index (χ1) is 9.45. The van der Waals surface area contributed by atoms with Crippen molar-refractivity contribution in [2.75, 3.05) is 13.2 Å². The highest BCUT2D eigenvalue weighted by Gasteiger charge is 2.43. The number of Topliss-reactive ketones (excluding diaryl/α,β-unsaturated/α-hetero) is 1. The van der Waals surface area contributed by atoms with Crippen molar-refractivity contribution in [3.8, 4) is 0 Å². The van der Waals surface area contributed by atoms with Crippen LogP contribution < -0.4 is 4.72 Å². The van der Waals surface area contributed by atoms with E-state index in [0.29, 0.717) is 25.8 Å². The van der Waals surface area contributed by atoms with Gasteiger partial charge >= 0.3 is 16.3 Å². The van der Waals surface area contributed by atoms with Gasteiger partial charge in [-0.2, -0.15) is 12.7 Å². The zero-order valence-electron chi connectivity index (χ0n) is 11.5. The van der Waals surface area contributed by atoms with Gasteiger partial charge < -0.3 is 4.74 Å². The number of amides is 1. The van der Waals surface area contributed by atoms with E-state index in [4.69, 9.17) is 0 Å². The molecular weight excluding hydrogens is 284 g/mol. The lowest BCUT2D eigenvalue weighted by Crippen LogP contribution is -2.48. The predicted molar refractivity (Wildman–Crippen MR) is 71.2 cm³/mol. The molecule has 1 N–H and O–H groups in total. The minimum Gasteiger partial charge on any atom is -0.449 e. The number of ketones is 1. The Bertz CT molecular complexity index is 490. The van der Waals surface area contributed by atoms with E-state index in [-0.39, 0.29) is 24.3 Å². The quantitative estimate of drug-likeness (QED) is 0.829. The zero-order valence-corrected chi connectivity index (χ0v) is 12.3. The van der Waals surface area contributed by atoms with E-state index in [1.165, 1.54) is 4.31 Å². The second-order valence-corrected chi connectivity index (χ2v) is 6.74. The van der Waals surface area contributed by atoms with Gasteiger partial charge in [-0.25, -0.2) is 9.52 Å². The lowest BCUT2D eigenvalue weighted by Gasteiger charge is -2.27. The molecule has 0 spiro atoms. The molecule has 1 heterocycles. The van der Waals surface area contributed by atoms with E-state index in [1.807, 2.05) is 4.72 Å². The van der Waals surface area contributed by atoms with Crippen LogP contribution in [0.3, 0.4) is 0 Å². The van der Waals surface area contributed by atoms with Crippen LogP contribution in [0.25, 0.3) is 0 Å². The Labute approximate surface area is 118 Å². The topological polar surface area (TPSA) is 92.8 Å². The fourth-order valence-electron chi connectivity index (χ4n) is 3.04. The largest absolute Gasteiger partial charge is 0.449 e. The van der Waals surface area contributed by atoms with E-state index in [9.17, 15) is 18.0 Å². The molecule has 2 atom stereocenters. The van der Waals surface area contributed by atoms with E-state index < -0.39 is 16.3 Å². The van der Waals surface area contributed by atoms with Gasteiger partial charge in [0.25, 0.3) is 0 Å². The van der Waals surface area contributed by atoms with Crippen molar-refractivity contribution in [2.45, 2.75) is 45.1 Å². The van der Waals surface area contributed by atoms with E-state index >= 15 is 0 Å². The Kier molecular flexibility index (Phi) is 4.64. The summed E-state index contributed by atoms with van der Waals surface area (Å²) in [5.74, 6) is -0.0931. The van der Waals surface area contributed by atoms with Gasteiger partial charge in [0.1, 0.15) is 5.78 Å². The van der Waals surface area contributed by atoms with Gasteiger partial charge in [-0.15, -0.1) is 0 Å². The summed E-state index contributed by atoms with van der Waals surface area (Å²) in [5.41, 5.74) is 0. The van der Waals surface area contributed by atoms with Gasteiger partial charge in [-0.05, 0) is 32.6 Å². The smallest absolute Gasteiger partial charge is 0.421 e. The van der Waals surface area contributed by atoms with Crippen LogP contribution in [0.5, 0.6) is 0 Å². The molecule has 1 saturated heterocycles. The van der Waals surface area contributed by atoms with Crippen molar-refractivity contribution in [1.29, 1.82) is 0 Å².